The Hall–Kier alpha value is -2.89. The highest BCUT2D eigenvalue weighted by Crippen LogP contribution is 2.25. The Morgan fingerprint density at radius 2 is 1.74 bits per heavy atom. The lowest BCUT2D eigenvalue weighted by atomic mass is 9.90. The maximum atomic E-state index is 13.0. The summed E-state index contributed by atoms with van der Waals surface area (Å²) in [6.07, 6.45) is 10.2. The van der Waals surface area contributed by atoms with E-state index in [0.717, 1.165) is 17.9 Å². The summed E-state index contributed by atoms with van der Waals surface area (Å²) in [6, 6.07) is 11.3. The standard InChI is InChI=1S/C25H31N3O3/c29-24(16-21-8-5-11-26-18-21)27-12-14-28(15-13-27)25(30)22-9-4-10-23(17-22)31-19-20-6-2-1-3-7-20/h4-5,8-11,17-18,20H,1-3,6-7,12-16,19H2. The molecule has 1 saturated carbocycles. The number of amides is 2. The molecule has 2 aliphatic rings. The molecule has 0 unspecified atom stereocenters. The summed E-state index contributed by atoms with van der Waals surface area (Å²) in [6.45, 7) is 2.94. The number of hydrogen-bond donors (Lipinski definition) is 0. The molecule has 0 radical (unpaired) electrons. The zero-order valence-electron chi connectivity index (χ0n) is 18.0. The average Bonchev–Trinajstić information content (AvgIpc) is 2.84. The van der Waals surface area contributed by atoms with Crippen molar-refractivity contribution < 1.29 is 14.3 Å². The number of rotatable bonds is 6. The SMILES string of the molecule is O=C(Cc1cccnc1)N1CCN(C(=O)c2cccc(OCC3CCCCC3)c2)CC1. The van der Waals surface area contributed by atoms with E-state index in [1.165, 1.54) is 32.1 Å². The Balaban J connectivity index is 1.27. The van der Waals surface area contributed by atoms with Crippen molar-refractivity contribution in [3.05, 3.63) is 59.9 Å². The summed E-state index contributed by atoms with van der Waals surface area (Å²) in [5.41, 5.74) is 1.56. The van der Waals surface area contributed by atoms with E-state index < -0.39 is 0 Å². The van der Waals surface area contributed by atoms with E-state index in [1.54, 1.807) is 12.4 Å². The summed E-state index contributed by atoms with van der Waals surface area (Å²) in [5.74, 6) is 1.48. The highest BCUT2D eigenvalue weighted by molar-refractivity contribution is 5.94. The van der Waals surface area contributed by atoms with Crippen molar-refractivity contribution in [2.45, 2.75) is 38.5 Å². The zero-order chi connectivity index (χ0) is 21.5. The predicted octanol–water partition coefficient (Wildman–Crippen LogP) is 3.57. The van der Waals surface area contributed by atoms with E-state index in [4.69, 9.17) is 4.74 Å². The average molecular weight is 422 g/mol. The van der Waals surface area contributed by atoms with Gasteiger partial charge in [-0.3, -0.25) is 14.6 Å². The number of carbonyl (C=O) groups is 2. The number of carbonyl (C=O) groups excluding carboxylic acids is 2. The van der Waals surface area contributed by atoms with Gasteiger partial charge in [0.1, 0.15) is 5.75 Å². The van der Waals surface area contributed by atoms with E-state index in [0.29, 0.717) is 44.1 Å². The van der Waals surface area contributed by atoms with E-state index in [9.17, 15) is 9.59 Å². The number of hydrogen-bond acceptors (Lipinski definition) is 4. The van der Waals surface area contributed by atoms with Gasteiger partial charge in [-0.15, -0.1) is 0 Å². The van der Waals surface area contributed by atoms with Crippen LogP contribution < -0.4 is 4.74 Å². The third-order valence-electron chi connectivity index (χ3n) is 6.29. The molecule has 0 bridgehead atoms. The molecule has 1 aromatic carbocycles. The van der Waals surface area contributed by atoms with Gasteiger partial charge in [-0.25, -0.2) is 0 Å². The van der Waals surface area contributed by atoms with Gasteiger partial charge in [0.25, 0.3) is 5.91 Å². The van der Waals surface area contributed by atoms with Gasteiger partial charge in [-0.05, 0) is 48.6 Å². The minimum atomic E-state index is 0.00229. The van der Waals surface area contributed by atoms with Crippen LogP contribution in [0.5, 0.6) is 5.75 Å². The second-order valence-electron chi connectivity index (χ2n) is 8.55. The summed E-state index contributed by atoms with van der Waals surface area (Å²) in [4.78, 5) is 33.2. The third-order valence-corrected chi connectivity index (χ3v) is 6.29. The molecule has 2 fully saturated rings. The highest BCUT2D eigenvalue weighted by atomic mass is 16.5. The first-order chi connectivity index (χ1) is 15.2. The van der Waals surface area contributed by atoms with Crippen LogP contribution in [-0.4, -0.2) is 59.4 Å². The predicted molar refractivity (Wildman–Crippen MR) is 119 cm³/mol. The minimum absolute atomic E-state index is 0.00229. The second kappa shape index (κ2) is 10.4. The van der Waals surface area contributed by atoms with Crippen LogP contribution in [0.4, 0.5) is 0 Å². The molecule has 0 spiro atoms. The summed E-state index contributed by atoms with van der Waals surface area (Å²) in [5, 5.41) is 0. The van der Waals surface area contributed by atoms with Crippen molar-refractivity contribution in [1.82, 2.24) is 14.8 Å². The summed E-state index contributed by atoms with van der Waals surface area (Å²) in [7, 11) is 0. The van der Waals surface area contributed by atoms with Crippen LogP contribution in [0.3, 0.4) is 0 Å². The minimum Gasteiger partial charge on any atom is -0.493 e. The normalized spacial score (nSPS) is 17.4. The van der Waals surface area contributed by atoms with Gasteiger partial charge in [-0.2, -0.15) is 0 Å². The van der Waals surface area contributed by atoms with Gasteiger partial charge in [-0.1, -0.05) is 31.4 Å². The van der Waals surface area contributed by atoms with Gasteiger partial charge >= 0.3 is 0 Å². The maximum Gasteiger partial charge on any atom is 0.254 e. The first-order valence-corrected chi connectivity index (χ1v) is 11.4. The molecule has 2 amide bonds. The van der Waals surface area contributed by atoms with Gasteiger partial charge in [0.2, 0.25) is 5.91 Å². The lowest BCUT2D eigenvalue weighted by molar-refractivity contribution is -0.131. The fourth-order valence-corrected chi connectivity index (χ4v) is 4.42. The molecule has 1 saturated heterocycles. The molecule has 1 aromatic heterocycles. The fraction of sp³-hybridized carbons (Fsp3) is 0.480. The smallest absolute Gasteiger partial charge is 0.254 e. The van der Waals surface area contributed by atoms with Crippen LogP contribution >= 0.6 is 0 Å². The second-order valence-corrected chi connectivity index (χ2v) is 8.55. The van der Waals surface area contributed by atoms with Crippen molar-refractivity contribution in [3.63, 3.8) is 0 Å². The molecule has 6 heteroatoms. The Bertz CT molecular complexity index is 873. The van der Waals surface area contributed by atoms with Crippen LogP contribution in [0.15, 0.2) is 48.8 Å². The van der Waals surface area contributed by atoms with E-state index in [-0.39, 0.29) is 11.8 Å². The molecule has 1 aliphatic carbocycles. The summed E-state index contributed by atoms with van der Waals surface area (Å²) < 4.78 is 6.00. The lowest BCUT2D eigenvalue weighted by Gasteiger charge is -2.35. The van der Waals surface area contributed by atoms with E-state index >= 15 is 0 Å². The molecular formula is C25H31N3O3. The number of benzene rings is 1. The van der Waals surface area contributed by atoms with Gasteiger partial charge < -0.3 is 14.5 Å². The Labute approximate surface area is 184 Å². The van der Waals surface area contributed by atoms with E-state index in [2.05, 4.69) is 4.98 Å². The topological polar surface area (TPSA) is 62.7 Å². The molecule has 6 nitrogen and oxygen atoms in total. The van der Waals surface area contributed by atoms with Crippen molar-refractivity contribution in [2.24, 2.45) is 5.92 Å². The molecule has 2 aromatic rings. The Morgan fingerprint density at radius 1 is 0.968 bits per heavy atom. The first kappa shape index (κ1) is 21.3. The van der Waals surface area contributed by atoms with Crippen LogP contribution in [0.1, 0.15) is 48.0 Å². The fourth-order valence-electron chi connectivity index (χ4n) is 4.42. The highest BCUT2D eigenvalue weighted by Gasteiger charge is 2.25. The number of ether oxygens (including phenoxy) is 1. The number of nitrogens with zero attached hydrogens (tertiary/aromatic N) is 3. The van der Waals surface area contributed by atoms with Crippen LogP contribution in [-0.2, 0) is 11.2 Å². The van der Waals surface area contributed by atoms with Gasteiger partial charge in [0.05, 0.1) is 13.0 Å². The lowest BCUT2D eigenvalue weighted by Crippen LogP contribution is -2.51. The quantitative estimate of drug-likeness (QED) is 0.715. The van der Waals surface area contributed by atoms with Crippen LogP contribution in [0.25, 0.3) is 0 Å². The van der Waals surface area contributed by atoms with Crippen LogP contribution in [0.2, 0.25) is 0 Å². The van der Waals surface area contributed by atoms with Crippen molar-refractivity contribution >= 4 is 11.8 Å². The maximum absolute atomic E-state index is 13.0. The van der Waals surface area contributed by atoms with Crippen molar-refractivity contribution in [2.75, 3.05) is 32.8 Å². The molecule has 0 atom stereocenters. The van der Waals surface area contributed by atoms with Gasteiger partial charge in [0.15, 0.2) is 0 Å². The van der Waals surface area contributed by atoms with Crippen molar-refractivity contribution in [3.8, 4) is 5.75 Å². The monoisotopic (exact) mass is 421 g/mol. The third kappa shape index (κ3) is 5.84. The number of piperazine rings is 1. The Kier molecular flexibility index (Phi) is 7.18. The molecule has 0 N–H and O–H groups in total. The largest absolute Gasteiger partial charge is 0.493 e. The van der Waals surface area contributed by atoms with Gasteiger partial charge in [0, 0.05) is 44.1 Å². The molecule has 4 rings (SSSR count). The van der Waals surface area contributed by atoms with Crippen molar-refractivity contribution in [1.29, 1.82) is 0 Å². The molecular weight excluding hydrogens is 390 g/mol. The molecule has 164 valence electrons. The molecule has 31 heavy (non-hydrogen) atoms. The molecule has 1 aliphatic heterocycles. The van der Waals surface area contributed by atoms with Crippen LogP contribution in [0, 0.1) is 5.92 Å². The zero-order valence-corrected chi connectivity index (χ0v) is 18.0. The molecule has 2 heterocycles. The number of aromatic nitrogens is 1. The van der Waals surface area contributed by atoms with E-state index in [1.807, 2.05) is 46.2 Å². The Morgan fingerprint density at radius 3 is 2.48 bits per heavy atom. The number of pyridine rings is 1. The first-order valence-electron chi connectivity index (χ1n) is 11.4. The summed E-state index contributed by atoms with van der Waals surface area (Å²) >= 11 is 0.